The van der Waals surface area contributed by atoms with E-state index in [-0.39, 0.29) is 25.2 Å². The SMILES string of the molecule is C=C1CC(c2cc(CF)cc(C(F)(F)F)c2)CN1CC(C)=O.FCF.[HH]. The number of alkyl halides is 6. The van der Waals surface area contributed by atoms with Gasteiger partial charge in [0.2, 0.25) is 6.93 Å². The van der Waals surface area contributed by atoms with E-state index in [2.05, 4.69) is 6.58 Å². The second-order valence-electron chi connectivity index (χ2n) is 5.75. The van der Waals surface area contributed by atoms with E-state index in [1.54, 1.807) is 4.90 Å². The fourth-order valence-corrected chi connectivity index (χ4v) is 2.74. The lowest BCUT2D eigenvalue weighted by molar-refractivity contribution is -0.137. The number of allylic oxidation sites excluding steroid dienone is 1. The standard InChI is InChI=1S/C16H17F4NO.CH2F2.H2/c1-10-3-14(9-21(10)8-11(2)22)13-4-12(7-17)5-15(6-13)16(18,19)20;2-1-3;/h4-6,14H,1,3,7-9H2,2H3;1H2;1H. The highest BCUT2D eigenvalue weighted by Crippen LogP contribution is 2.37. The van der Waals surface area contributed by atoms with Crippen LogP contribution in [0.5, 0.6) is 0 Å². The zero-order valence-electron chi connectivity index (χ0n) is 13.7. The lowest BCUT2D eigenvalue weighted by atomic mass is 9.94. The number of hydrogen-bond donors (Lipinski definition) is 0. The molecule has 1 aliphatic heterocycles. The molecule has 25 heavy (non-hydrogen) atoms. The minimum absolute atomic E-state index is 0. The van der Waals surface area contributed by atoms with Crippen LogP contribution < -0.4 is 0 Å². The second kappa shape index (κ2) is 8.92. The molecule has 1 aliphatic rings. The highest BCUT2D eigenvalue weighted by atomic mass is 19.4. The summed E-state index contributed by atoms with van der Waals surface area (Å²) in [7, 11) is 0. The number of Topliss-reactive ketones (excluding diaryl/α,β-unsaturated/α-hetero) is 1. The topological polar surface area (TPSA) is 20.3 Å². The molecule has 1 saturated heterocycles. The van der Waals surface area contributed by atoms with Crippen molar-refractivity contribution in [3.63, 3.8) is 0 Å². The summed E-state index contributed by atoms with van der Waals surface area (Å²) in [5.41, 5.74) is 0.336. The molecule has 0 aromatic heterocycles. The molecule has 2 nitrogen and oxygen atoms in total. The highest BCUT2D eigenvalue weighted by molar-refractivity contribution is 5.77. The maximum absolute atomic E-state index is 12.9. The Morgan fingerprint density at radius 1 is 1.28 bits per heavy atom. The van der Waals surface area contributed by atoms with Gasteiger partial charge in [-0.15, -0.1) is 0 Å². The number of likely N-dealkylation sites (tertiary alicyclic amines) is 1. The first-order valence-corrected chi connectivity index (χ1v) is 7.43. The lowest BCUT2D eigenvalue weighted by Gasteiger charge is -2.18. The molecule has 0 aliphatic carbocycles. The predicted molar refractivity (Wildman–Crippen MR) is 84.2 cm³/mol. The Hall–Kier alpha value is -1.99. The van der Waals surface area contributed by atoms with Crippen molar-refractivity contribution in [1.29, 1.82) is 0 Å². The number of nitrogens with zero attached hydrogens (tertiary/aromatic N) is 1. The summed E-state index contributed by atoms with van der Waals surface area (Å²) in [6.45, 7) is 3.23. The fourth-order valence-electron chi connectivity index (χ4n) is 2.74. The summed E-state index contributed by atoms with van der Waals surface area (Å²) in [6, 6.07) is 3.36. The number of carbonyl (C=O) groups is 1. The molecule has 0 saturated carbocycles. The molecule has 0 radical (unpaired) electrons. The largest absolute Gasteiger partial charge is 0.416 e. The van der Waals surface area contributed by atoms with Gasteiger partial charge in [-0.05, 0) is 36.6 Å². The van der Waals surface area contributed by atoms with Gasteiger partial charge in [-0.1, -0.05) is 12.6 Å². The van der Waals surface area contributed by atoms with E-state index in [9.17, 15) is 31.1 Å². The van der Waals surface area contributed by atoms with Gasteiger partial charge in [0.05, 0.1) is 12.1 Å². The second-order valence-corrected chi connectivity index (χ2v) is 5.75. The zero-order chi connectivity index (χ0) is 19.2. The molecule has 1 atom stereocenters. The average molecular weight is 369 g/mol. The number of rotatable bonds is 4. The van der Waals surface area contributed by atoms with Crippen molar-refractivity contribution in [3.05, 3.63) is 47.2 Å². The van der Waals surface area contributed by atoms with E-state index >= 15 is 0 Å². The third kappa shape index (κ3) is 6.10. The van der Waals surface area contributed by atoms with Crippen LogP contribution in [0.25, 0.3) is 0 Å². The van der Waals surface area contributed by atoms with Crippen molar-refractivity contribution >= 4 is 5.78 Å². The molecule has 8 heteroatoms. The van der Waals surface area contributed by atoms with Crippen molar-refractivity contribution in [1.82, 2.24) is 4.90 Å². The Morgan fingerprint density at radius 2 is 1.88 bits per heavy atom. The van der Waals surface area contributed by atoms with Gasteiger partial charge in [-0.25, -0.2) is 13.2 Å². The van der Waals surface area contributed by atoms with Crippen LogP contribution in [0.3, 0.4) is 0 Å². The Morgan fingerprint density at radius 3 is 2.36 bits per heavy atom. The molecule has 142 valence electrons. The van der Waals surface area contributed by atoms with Gasteiger partial charge < -0.3 is 4.90 Å². The van der Waals surface area contributed by atoms with Crippen molar-refractivity contribution < 1.29 is 32.6 Å². The Bertz CT molecular complexity index is 620. The Kier molecular flexibility index (Phi) is 7.51. The molecule has 0 spiro atoms. The summed E-state index contributed by atoms with van der Waals surface area (Å²) < 4.78 is 70.8. The van der Waals surface area contributed by atoms with Crippen LogP contribution in [0.15, 0.2) is 30.5 Å². The fraction of sp³-hybridized carbons (Fsp3) is 0.471. The van der Waals surface area contributed by atoms with E-state index in [4.69, 9.17) is 0 Å². The van der Waals surface area contributed by atoms with Crippen molar-refractivity contribution in [2.45, 2.75) is 32.1 Å². The van der Waals surface area contributed by atoms with E-state index in [0.717, 1.165) is 17.8 Å². The molecule has 1 aromatic carbocycles. The summed E-state index contributed by atoms with van der Waals surface area (Å²) in [5, 5.41) is 0. The van der Waals surface area contributed by atoms with Crippen LogP contribution in [0.4, 0.5) is 26.3 Å². The maximum atomic E-state index is 12.9. The van der Waals surface area contributed by atoms with Crippen LogP contribution in [-0.4, -0.2) is 30.7 Å². The third-order valence-electron chi connectivity index (χ3n) is 3.75. The first-order valence-electron chi connectivity index (χ1n) is 7.43. The number of carbonyl (C=O) groups excluding carboxylic acids is 1. The quantitative estimate of drug-likeness (QED) is 0.681. The first kappa shape index (κ1) is 21.1. The van der Waals surface area contributed by atoms with E-state index < -0.39 is 25.3 Å². The van der Waals surface area contributed by atoms with Gasteiger partial charge in [0.25, 0.3) is 0 Å². The molecular weight excluding hydrogens is 348 g/mol. The summed E-state index contributed by atoms with van der Waals surface area (Å²) in [5.74, 6) is -0.241. The van der Waals surface area contributed by atoms with Crippen molar-refractivity contribution in [3.8, 4) is 0 Å². The van der Waals surface area contributed by atoms with Crippen LogP contribution in [-0.2, 0) is 17.6 Å². The Balaban J connectivity index is 0.00000146. The molecule has 0 N–H and O–H groups in total. The van der Waals surface area contributed by atoms with Gasteiger partial charge in [0, 0.05) is 19.6 Å². The number of halogens is 6. The van der Waals surface area contributed by atoms with E-state index in [1.807, 2.05) is 0 Å². The molecule has 2 rings (SSSR count). The highest BCUT2D eigenvalue weighted by Gasteiger charge is 2.33. The summed E-state index contributed by atoms with van der Waals surface area (Å²) in [4.78, 5) is 13.0. The van der Waals surface area contributed by atoms with Gasteiger partial charge >= 0.3 is 6.18 Å². The molecule has 0 amide bonds. The molecule has 1 unspecified atom stereocenters. The van der Waals surface area contributed by atoms with E-state index in [1.165, 1.54) is 13.0 Å². The van der Waals surface area contributed by atoms with Crippen molar-refractivity contribution in [2.75, 3.05) is 20.0 Å². The molecule has 1 fully saturated rings. The predicted octanol–water partition coefficient (Wildman–Crippen LogP) is 5.20. The number of ketones is 1. The summed E-state index contributed by atoms with van der Waals surface area (Å²) in [6.07, 6.45) is -4.03. The molecule has 1 aromatic rings. The average Bonchev–Trinajstić information content (AvgIpc) is 2.87. The minimum atomic E-state index is -4.51. The molecular formula is C17H21F6NO. The van der Waals surface area contributed by atoms with Crippen LogP contribution >= 0.6 is 0 Å². The van der Waals surface area contributed by atoms with Gasteiger partial charge in [-0.2, -0.15) is 13.2 Å². The van der Waals surface area contributed by atoms with Gasteiger partial charge in [0.15, 0.2) is 0 Å². The Labute approximate surface area is 143 Å². The lowest BCUT2D eigenvalue weighted by Crippen LogP contribution is -2.24. The molecule has 1 heterocycles. The summed E-state index contributed by atoms with van der Waals surface area (Å²) >= 11 is 0. The third-order valence-corrected chi connectivity index (χ3v) is 3.75. The minimum Gasteiger partial charge on any atom is -0.367 e. The van der Waals surface area contributed by atoms with Crippen LogP contribution in [0.2, 0.25) is 0 Å². The maximum Gasteiger partial charge on any atom is 0.416 e. The normalized spacial score (nSPS) is 17.3. The first-order chi connectivity index (χ1) is 11.6. The van der Waals surface area contributed by atoms with Gasteiger partial charge in [0.1, 0.15) is 12.5 Å². The smallest absolute Gasteiger partial charge is 0.367 e. The van der Waals surface area contributed by atoms with Crippen LogP contribution in [0.1, 0.15) is 37.4 Å². The van der Waals surface area contributed by atoms with E-state index in [0.29, 0.717) is 18.5 Å². The zero-order valence-corrected chi connectivity index (χ0v) is 13.7. The van der Waals surface area contributed by atoms with Crippen molar-refractivity contribution in [2.24, 2.45) is 0 Å². The van der Waals surface area contributed by atoms with Gasteiger partial charge in [-0.3, -0.25) is 4.79 Å². The number of hydrogen-bond acceptors (Lipinski definition) is 2. The monoisotopic (exact) mass is 369 g/mol. The van der Waals surface area contributed by atoms with Crippen LogP contribution in [0, 0.1) is 0 Å². The molecule has 0 bridgehead atoms. The number of benzene rings is 1.